The van der Waals surface area contributed by atoms with Crippen LogP contribution in [-0.4, -0.2) is 20.9 Å². The molecule has 2 rings (SSSR count). The number of hydrogen-bond acceptors (Lipinski definition) is 4. The summed E-state index contributed by atoms with van der Waals surface area (Å²) in [6, 6.07) is 6.94. The number of nitrogens with one attached hydrogen (secondary N) is 1. The van der Waals surface area contributed by atoms with Crippen molar-refractivity contribution in [2.24, 2.45) is 5.73 Å². The summed E-state index contributed by atoms with van der Waals surface area (Å²) in [5, 5.41) is 11.1. The molecule has 1 aromatic carbocycles. The first-order valence-corrected chi connectivity index (χ1v) is 6.64. The lowest BCUT2D eigenvalue weighted by Crippen LogP contribution is -2.15. The highest BCUT2D eigenvalue weighted by molar-refractivity contribution is 6.33. The molecule has 0 saturated heterocycles. The van der Waals surface area contributed by atoms with E-state index in [-0.39, 0.29) is 18.4 Å². The van der Waals surface area contributed by atoms with Crippen molar-refractivity contribution in [3.8, 4) is 0 Å². The molecule has 7 heteroatoms. The van der Waals surface area contributed by atoms with Crippen molar-refractivity contribution in [3.63, 3.8) is 0 Å². The Balaban J connectivity index is 1.87. The molecule has 2 aromatic rings. The molecule has 0 aliphatic carbocycles. The summed E-state index contributed by atoms with van der Waals surface area (Å²) >= 11 is 5.97. The topological polar surface area (TPSA) is 85.8 Å². The second-order valence-electron chi connectivity index (χ2n) is 4.47. The second-order valence-corrected chi connectivity index (χ2v) is 4.88. The van der Waals surface area contributed by atoms with Crippen molar-refractivity contribution in [1.82, 2.24) is 15.0 Å². The smallest absolute Gasteiger partial charge is 0.226 e. The summed E-state index contributed by atoms with van der Waals surface area (Å²) in [5.41, 5.74) is 7.00. The van der Waals surface area contributed by atoms with Gasteiger partial charge in [0.25, 0.3) is 0 Å². The number of hydrogen-bond donors (Lipinski definition) is 2. The van der Waals surface area contributed by atoms with E-state index in [0.717, 1.165) is 0 Å². The molecule has 106 valence electrons. The monoisotopic (exact) mass is 293 g/mol. The lowest BCUT2D eigenvalue weighted by molar-refractivity contribution is -0.116. The van der Waals surface area contributed by atoms with Gasteiger partial charge in [-0.3, -0.25) is 9.48 Å². The number of carbonyl (C=O) groups is 1. The molecule has 20 heavy (non-hydrogen) atoms. The van der Waals surface area contributed by atoms with Gasteiger partial charge >= 0.3 is 0 Å². The first-order valence-electron chi connectivity index (χ1n) is 6.26. The summed E-state index contributed by atoms with van der Waals surface area (Å²) in [5.74, 6) is -0.129. The van der Waals surface area contributed by atoms with Crippen LogP contribution >= 0.6 is 11.6 Å². The Morgan fingerprint density at radius 2 is 2.25 bits per heavy atom. The lowest BCUT2D eigenvalue weighted by atomic mass is 10.3. The fraction of sp³-hybridized carbons (Fsp3) is 0.308. The minimum Gasteiger partial charge on any atom is -0.325 e. The van der Waals surface area contributed by atoms with Crippen LogP contribution < -0.4 is 11.1 Å². The quantitative estimate of drug-likeness (QED) is 0.882. The van der Waals surface area contributed by atoms with Gasteiger partial charge in [-0.25, -0.2) is 0 Å². The van der Waals surface area contributed by atoms with Crippen LogP contribution in [-0.2, 0) is 11.3 Å². The molecular weight excluding hydrogens is 278 g/mol. The summed E-state index contributed by atoms with van der Waals surface area (Å²) in [7, 11) is 0. The highest BCUT2D eigenvalue weighted by Crippen LogP contribution is 2.20. The Morgan fingerprint density at radius 3 is 2.90 bits per heavy atom. The molecule has 6 nitrogen and oxygen atoms in total. The Bertz CT molecular complexity index is 596. The van der Waals surface area contributed by atoms with E-state index in [1.54, 1.807) is 23.0 Å². The molecule has 0 spiro atoms. The fourth-order valence-electron chi connectivity index (χ4n) is 1.62. The largest absolute Gasteiger partial charge is 0.325 e. The number of aryl methyl sites for hydroxylation is 1. The highest BCUT2D eigenvalue weighted by Gasteiger charge is 2.08. The third kappa shape index (κ3) is 3.79. The average molecular weight is 294 g/mol. The second kappa shape index (κ2) is 6.49. The van der Waals surface area contributed by atoms with Gasteiger partial charge in [0.05, 0.1) is 29.1 Å². The van der Waals surface area contributed by atoms with E-state index in [1.165, 1.54) is 0 Å². The zero-order valence-corrected chi connectivity index (χ0v) is 11.8. The normalized spacial score (nSPS) is 12.2. The van der Waals surface area contributed by atoms with E-state index in [4.69, 9.17) is 17.3 Å². The lowest BCUT2D eigenvalue weighted by Gasteiger charge is -2.06. The van der Waals surface area contributed by atoms with Gasteiger partial charge in [0, 0.05) is 12.5 Å². The first-order chi connectivity index (χ1) is 9.56. The van der Waals surface area contributed by atoms with Gasteiger partial charge in [-0.2, -0.15) is 0 Å². The van der Waals surface area contributed by atoms with Gasteiger partial charge in [0.15, 0.2) is 0 Å². The van der Waals surface area contributed by atoms with Gasteiger partial charge < -0.3 is 11.1 Å². The predicted molar refractivity (Wildman–Crippen MR) is 77.3 cm³/mol. The SMILES string of the molecule is CC(N)c1cn(CCC(=O)Nc2ccccc2Cl)nn1. The predicted octanol–water partition coefficient (Wildman–Crippen LogP) is 1.98. The zero-order valence-electron chi connectivity index (χ0n) is 11.1. The molecule has 1 aromatic heterocycles. The summed E-state index contributed by atoms with van der Waals surface area (Å²) in [6.45, 7) is 2.27. The Morgan fingerprint density at radius 1 is 1.50 bits per heavy atom. The van der Waals surface area contributed by atoms with E-state index in [0.29, 0.717) is 22.9 Å². The third-order valence-electron chi connectivity index (χ3n) is 2.74. The molecule has 1 amide bonds. The number of halogens is 1. The highest BCUT2D eigenvalue weighted by atomic mass is 35.5. The Kier molecular flexibility index (Phi) is 4.70. The number of nitrogens with zero attached hydrogens (tertiary/aromatic N) is 3. The van der Waals surface area contributed by atoms with Crippen LogP contribution in [0, 0.1) is 0 Å². The number of aromatic nitrogens is 3. The van der Waals surface area contributed by atoms with E-state index >= 15 is 0 Å². The van der Waals surface area contributed by atoms with Gasteiger partial charge in [0.2, 0.25) is 5.91 Å². The molecule has 0 bridgehead atoms. The standard InChI is InChI=1S/C13H16ClN5O/c1-9(15)12-8-19(18-17-12)7-6-13(20)16-11-5-3-2-4-10(11)14/h2-5,8-9H,6-7,15H2,1H3,(H,16,20). The van der Waals surface area contributed by atoms with Crippen molar-refractivity contribution in [2.75, 3.05) is 5.32 Å². The van der Waals surface area contributed by atoms with Crippen LogP contribution in [0.25, 0.3) is 0 Å². The zero-order chi connectivity index (χ0) is 14.5. The van der Waals surface area contributed by atoms with Crippen LogP contribution in [0.15, 0.2) is 30.5 Å². The van der Waals surface area contributed by atoms with Crippen molar-refractivity contribution in [3.05, 3.63) is 41.2 Å². The summed E-state index contributed by atoms with van der Waals surface area (Å²) in [4.78, 5) is 11.8. The summed E-state index contributed by atoms with van der Waals surface area (Å²) < 4.78 is 1.60. The van der Waals surface area contributed by atoms with Crippen LogP contribution in [0.3, 0.4) is 0 Å². The fourth-order valence-corrected chi connectivity index (χ4v) is 1.81. The number of rotatable bonds is 5. The number of para-hydroxylation sites is 1. The van der Waals surface area contributed by atoms with Gasteiger partial charge in [0.1, 0.15) is 0 Å². The first kappa shape index (κ1) is 14.5. The average Bonchev–Trinajstić information content (AvgIpc) is 2.88. The molecule has 3 N–H and O–H groups in total. The Labute approximate surface area is 121 Å². The van der Waals surface area contributed by atoms with Crippen molar-refractivity contribution in [2.45, 2.75) is 25.9 Å². The number of carbonyl (C=O) groups excluding carboxylic acids is 1. The maximum Gasteiger partial charge on any atom is 0.226 e. The molecular formula is C13H16ClN5O. The minimum atomic E-state index is -0.166. The van der Waals surface area contributed by atoms with Crippen LogP contribution in [0.2, 0.25) is 5.02 Å². The number of anilines is 1. The molecule has 0 saturated carbocycles. The molecule has 1 unspecified atom stereocenters. The number of nitrogens with two attached hydrogens (primary N) is 1. The van der Waals surface area contributed by atoms with Gasteiger partial charge in [-0.1, -0.05) is 28.9 Å². The van der Waals surface area contributed by atoms with Crippen LogP contribution in [0.4, 0.5) is 5.69 Å². The molecule has 0 aliphatic heterocycles. The van der Waals surface area contributed by atoms with Gasteiger partial charge in [-0.05, 0) is 19.1 Å². The third-order valence-corrected chi connectivity index (χ3v) is 3.07. The van der Waals surface area contributed by atoms with Crippen molar-refractivity contribution < 1.29 is 4.79 Å². The maximum atomic E-state index is 11.8. The van der Waals surface area contributed by atoms with E-state index < -0.39 is 0 Å². The van der Waals surface area contributed by atoms with Gasteiger partial charge in [-0.15, -0.1) is 5.10 Å². The molecule has 1 heterocycles. The molecule has 0 radical (unpaired) electrons. The van der Waals surface area contributed by atoms with Crippen LogP contribution in [0.1, 0.15) is 25.1 Å². The van der Waals surface area contributed by atoms with Crippen molar-refractivity contribution in [1.29, 1.82) is 0 Å². The number of amides is 1. The minimum absolute atomic E-state index is 0.129. The van der Waals surface area contributed by atoms with E-state index in [9.17, 15) is 4.79 Å². The maximum absolute atomic E-state index is 11.8. The molecule has 1 atom stereocenters. The van der Waals surface area contributed by atoms with Crippen LogP contribution in [0.5, 0.6) is 0 Å². The van der Waals surface area contributed by atoms with Crippen molar-refractivity contribution >= 4 is 23.2 Å². The van der Waals surface area contributed by atoms with E-state index in [1.807, 2.05) is 19.1 Å². The summed E-state index contributed by atoms with van der Waals surface area (Å²) in [6.07, 6.45) is 2.03. The number of benzene rings is 1. The Hall–Kier alpha value is -1.92. The van der Waals surface area contributed by atoms with E-state index in [2.05, 4.69) is 15.6 Å². The molecule has 0 aliphatic rings. The molecule has 0 fully saturated rings.